The Bertz CT molecular complexity index is 645. The fourth-order valence-electron chi connectivity index (χ4n) is 6.43. The molecule has 1 N–H and O–H groups in total. The zero-order valence-electron chi connectivity index (χ0n) is 16.0. The highest BCUT2D eigenvalue weighted by Gasteiger charge is 2.57. The van der Waals surface area contributed by atoms with E-state index in [2.05, 4.69) is 64.5 Å². The molecular formula is C22H31BrN2O. The molecule has 0 saturated heterocycles. The minimum Gasteiger partial charge on any atom is -0.354 e. The lowest BCUT2D eigenvalue weighted by atomic mass is 9.48. The molecule has 4 heteroatoms. The van der Waals surface area contributed by atoms with E-state index in [4.69, 9.17) is 0 Å². The van der Waals surface area contributed by atoms with E-state index < -0.39 is 0 Å². The number of nitrogens with zero attached hydrogens (tertiary/aromatic N) is 1. The topological polar surface area (TPSA) is 32.3 Å². The standard InChI is InChI=1S/C22H31BrN2O/c1-25(2)19(18-6-4-3-5-7-18)14-24-20(26)13-21-9-16-8-17(10-21)12-22(23,11-16)15-21/h3-7,16-17,19H,8-15H2,1-2H3,(H,24,26). The fourth-order valence-corrected chi connectivity index (χ4v) is 7.94. The molecule has 0 spiro atoms. The van der Waals surface area contributed by atoms with Crippen molar-refractivity contribution in [1.29, 1.82) is 0 Å². The molecule has 4 aliphatic rings. The van der Waals surface area contributed by atoms with Crippen LogP contribution in [0.3, 0.4) is 0 Å². The first-order valence-corrected chi connectivity index (χ1v) is 10.8. The van der Waals surface area contributed by atoms with Crippen LogP contribution in [0.1, 0.15) is 56.6 Å². The van der Waals surface area contributed by atoms with Crippen molar-refractivity contribution < 1.29 is 4.79 Å². The molecule has 4 aliphatic carbocycles. The summed E-state index contributed by atoms with van der Waals surface area (Å²) >= 11 is 4.06. The van der Waals surface area contributed by atoms with Crippen LogP contribution < -0.4 is 5.32 Å². The van der Waals surface area contributed by atoms with Gasteiger partial charge in [0.05, 0.1) is 6.04 Å². The van der Waals surface area contributed by atoms with E-state index in [-0.39, 0.29) is 17.4 Å². The van der Waals surface area contributed by atoms with Gasteiger partial charge in [-0.25, -0.2) is 0 Å². The van der Waals surface area contributed by atoms with E-state index in [0.29, 0.717) is 17.3 Å². The molecule has 3 unspecified atom stereocenters. The number of amides is 1. The second-order valence-electron chi connectivity index (χ2n) is 9.48. The molecule has 4 saturated carbocycles. The van der Waals surface area contributed by atoms with Gasteiger partial charge in [-0.2, -0.15) is 0 Å². The predicted octanol–water partition coefficient (Wildman–Crippen LogP) is 4.53. The Morgan fingerprint density at radius 1 is 1.19 bits per heavy atom. The maximum atomic E-state index is 12.8. The van der Waals surface area contributed by atoms with Gasteiger partial charge in [0, 0.05) is 17.3 Å². The van der Waals surface area contributed by atoms with Gasteiger partial charge in [0.15, 0.2) is 0 Å². The Morgan fingerprint density at radius 2 is 1.85 bits per heavy atom. The number of nitrogens with one attached hydrogen (secondary N) is 1. The maximum Gasteiger partial charge on any atom is 0.220 e. The molecule has 3 atom stereocenters. The van der Waals surface area contributed by atoms with Crippen LogP contribution in [-0.2, 0) is 4.79 Å². The van der Waals surface area contributed by atoms with Crippen molar-refractivity contribution in [2.45, 2.75) is 55.3 Å². The third-order valence-electron chi connectivity index (χ3n) is 6.95. The lowest BCUT2D eigenvalue weighted by molar-refractivity contribution is -0.128. The fraction of sp³-hybridized carbons (Fsp3) is 0.682. The Morgan fingerprint density at radius 3 is 2.42 bits per heavy atom. The molecule has 26 heavy (non-hydrogen) atoms. The molecule has 5 rings (SSSR count). The van der Waals surface area contributed by atoms with E-state index in [1.807, 2.05) is 6.07 Å². The summed E-state index contributed by atoms with van der Waals surface area (Å²) in [4.78, 5) is 15.0. The first-order valence-electron chi connectivity index (χ1n) is 10.0. The zero-order valence-corrected chi connectivity index (χ0v) is 17.6. The summed E-state index contributed by atoms with van der Waals surface area (Å²) < 4.78 is 0.327. The van der Waals surface area contributed by atoms with Gasteiger partial charge in [-0.15, -0.1) is 0 Å². The number of carbonyl (C=O) groups is 1. The van der Waals surface area contributed by atoms with Crippen LogP contribution in [0.2, 0.25) is 0 Å². The smallest absolute Gasteiger partial charge is 0.220 e. The number of hydrogen-bond acceptors (Lipinski definition) is 2. The summed E-state index contributed by atoms with van der Waals surface area (Å²) in [6.45, 7) is 0.679. The molecule has 142 valence electrons. The first kappa shape index (κ1) is 18.5. The molecule has 0 aromatic heterocycles. The number of carbonyl (C=O) groups excluding carboxylic acids is 1. The summed E-state index contributed by atoms with van der Waals surface area (Å²) in [7, 11) is 4.16. The quantitative estimate of drug-likeness (QED) is 0.688. The van der Waals surface area contributed by atoms with E-state index in [9.17, 15) is 4.79 Å². The van der Waals surface area contributed by atoms with Crippen LogP contribution in [0.5, 0.6) is 0 Å². The second-order valence-corrected chi connectivity index (χ2v) is 11.2. The number of hydrogen-bond donors (Lipinski definition) is 1. The van der Waals surface area contributed by atoms with Crippen molar-refractivity contribution in [2.75, 3.05) is 20.6 Å². The van der Waals surface area contributed by atoms with Crippen molar-refractivity contribution >= 4 is 21.8 Å². The number of halogens is 1. The molecule has 3 nitrogen and oxygen atoms in total. The highest BCUT2D eigenvalue weighted by atomic mass is 79.9. The third kappa shape index (κ3) is 3.73. The predicted molar refractivity (Wildman–Crippen MR) is 109 cm³/mol. The zero-order chi connectivity index (χ0) is 18.4. The minimum absolute atomic E-state index is 0.221. The highest BCUT2D eigenvalue weighted by molar-refractivity contribution is 9.10. The number of alkyl halides is 1. The highest BCUT2D eigenvalue weighted by Crippen LogP contribution is 2.65. The summed E-state index contributed by atoms with van der Waals surface area (Å²) in [6.07, 6.45) is 8.47. The van der Waals surface area contributed by atoms with E-state index in [1.165, 1.54) is 44.1 Å². The Kier molecular flexibility index (Phi) is 4.94. The van der Waals surface area contributed by atoms with Gasteiger partial charge in [-0.1, -0.05) is 46.3 Å². The van der Waals surface area contributed by atoms with E-state index in [0.717, 1.165) is 11.8 Å². The van der Waals surface area contributed by atoms with Gasteiger partial charge in [0.1, 0.15) is 0 Å². The van der Waals surface area contributed by atoms with Crippen LogP contribution >= 0.6 is 15.9 Å². The van der Waals surface area contributed by atoms with Crippen molar-refractivity contribution in [2.24, 2.45) is 17.3 Å². The lowest BCUT2D eigenvalue weighted by Gasteiger charge is -2.60. The largest absolute Gasteiger partial charge is 0.354 e. The summed E-state index contributed by atoms with van der Waals surface area (Å²) in [5, 5.41) is 3.25. The number of likely N-dealkylation sites (N-methyl/N-ethyl adjacent to an activating group) is 1. The second kappa shape index (κ2) is 6.94. The average Bonchev–Trinajstić information content (AvgIpc) is 2.52. The average molecular weight is 419 g/mol. The van der Waals surface area contributed by atoms with Gasteiger partial charge < -0.3 is 10.2 Å². The Hall–Kier alpha value is -0.870. The molecule has 1 aromatic carbocycles. The minimum atomic E-state index is 0.221. The molecule has 1 amide bonds. The molecule has 1 aromatic rings. The SMILES string of the molecule is CN(C)C(CNC(=O)CC12CC3CC(CC(Br)(C3)C1)C2)c1ccccc1. The van der Waals surface area contributed by atoms with E-state index >= 15 is 0 Å². The van der Waals surface area contributed by atoms with Gasteiger partial charge in [0.2, 0.25) is 5.91 Å². The monoisotopic (exact) mass is 418 g/mol. The van der Waals surface area contributed by atoms with Gasteiger partial charge in [0.25, 0.3) is 0 Å². The van der Waals surface area contributed by atoms with Gasteiger partial charge in [-0.05, 0) is 75.4 Å². The summed E-state index contributed by atoms with van der Waals surface area (Å²) in [5.41, 5.74) is 1.50. The Labute approximate surface area is 166 Å². The third-order valence-corrected chi connectivity index (χ3v) is 7.87. The molecule has 4 bridgehead atoms. The van der Waals surface area contributed by atoms with Crippen molar-refractivity contribution in [3.8, 4) is 0 Å². The maximum absolute atomic E-state index is 12.8. The Balaban J connectivity index is 1.38. The number of benzene rings is 1. The molecule has 0 aliphatic heterocycles. The normalized spacial score (nSPS) is 36.3. The van der Waals surface area contributed by atoms with Crippen molar-refractivity contribution in [3.05, 3.63) is 35.9 Å². The molecule has 0 heterocycles. The van der Waals surface area contributed by atoms with Gasteiger partial charge >= 0.3 is 0 Å². The molecule has 0 radical (unpaired) electrons. The van der Waals surface area contributed by atoms with Crippen LogP contribution in [0, 0.1) is 17.3 Å². The summed E-state index contributed by atoms with van der Waals surface area (Å²) in [6, 6.07) is 10.7. The molecule has 4 fully saturated rings. The van der Waals surface area contributed by atoms with Crippen LogP contribution in [0.15, 0.2) is 30.3 Å². The van der Waals surface area contributed by atoms with Crippen LogP contribution in [0.25, 0.3) is 0 Å². The molecular weight excluding hydrogens is 388 g/mol. The first-order chi connectivity index (χ1) is 12.4. The number of rotatable bonds is 6. The van der Waals surface area contributed by atoms with Crippen molar-refractivity contribution in [3.63, 3.8) is 0 Å². The van der Waals surface area contributed by atoms with Gasteiger partial charge in [-0.3, -0.25) is 4.79 Å². The van der Waals surface area contributed by atoms with Crippen molar-refractivity contribution in [1.82, 2.24) is 10.2 Å². The summed E-state index contributed by atoms with van der Waals surface area (Å²) in [5.74, 6) is 1.91. The van der Waals surface area contributed by atoms with E-state index in [1.54, 1.807) is 0 Å². The lowest BCUT2D eigenvalue weighted by Crippen LogP contribution is -2.54. The van der Waals surface area contributed by atoms with Crippen LogP contribution in [0.4, 0.5) is 0 Å². The van der Waals surface area contributed by atoms with Crippen LogP contribution in [-0.4, -0.2) is 35.8 Å².